The van der Waals surface area contributed by atoms with E-state index in [1.807, 2.05) is 30.7 Å². The Morgan fingerprint density at radius 2 is 1.91 bits per heavy atom. The number of piperidine rings is 1. The Hall–Kier alpha value is -3.29. The number of rotatable bonds is 8. The van der Waals surface area contributed by atoms with Gasteiger partial charge in [0.25, 0.3) is 0 Å². The molecule has 5 heterocycles. The van der Waals surface area contributed by atoms with Gasteiger partial charge >= 0.3 is 0 Å². The summed E-state index contributed by atoms with van der Waals surface area (Å²) in [7, 11) is 0. The molecule has 7 nitrogen and oxygen atoms in total. The van der Waals surface area contributed by atoms with Crippen molar-refractivity contribution in [2.75, 3.05) is 19.7 Å². The maximum absolute atomic E-state index is 6.06. The van der Waals surface area contributed by atoms with E-state index in [0.29, 0.717) is 24.5 Å². The maximum atomic E-state index is 6.06. The Bertz CT molecular complexity index is 1280. The van der Waals surface area contributed by atoms with Crippen LogP contribution in [0.1, 0.15) is 42.3 Å². The third-order valence-electron chi connectivity index (χ3n) is 7.20. The second-order valence-corrected chi connectivity index (χ2v) is 9.57. The van der Waals surface area contributed by atoms with Crippen LogP contribution in [0.5, 0.6) is 5.88 Å². The number of likely N-dealkylation sites (tertiary alicyclic amines) is 1. The summed E-state index contributed by atoms with van der Waals surface area (Å²) >= 11 is 0. The molecule has 3 aromatic heterocycles. The quantitative estimate of drug-likeness (QED) is 0.377. The Labute approximate surface area is 205 Å². The number of hydrogen-bond donors (Lipinski definition) is 0. The summed E-state index contributed by atoms with van der Waals surface area (Å²) < 4.78 is 13.9. The summed E-state index contributed by atoms with van der Waals surface area (Å²) in [5, 5.41) is 2.31. The van der Waals surface area contributed by atoms with Crippen LogP contribution in [0.4, 0.5) is 0 Å². The highest BCUT2D eigenvalue weighted by Crippen LogP contribution is 2.29. The van der Waals surface area contributed by atoms with E-state index in [2.05, 4.69) is 56.0 Å². The molecule has 6 rings (SSSR count). The first-order valence-corrected chi connectivity index (χ1v) is 12.6. The van der Waals surface area contributed by atoms with Gasteiger partial charge in [-0.3, -0.25) is 9.88 Å². The van der Waals surface area contributed by atoms with Gasteiger partial charge in [-0.1, -0.05) is 18.2 Å². The van der Waals surface area contributed by atoms with Gasteiger partial charge in [0, 0.05) is 54.5 Å². The van der Waals surface area contributed by atoms with Crippen LogP contribution in [-0.2, 0) is 24.4 Å². The minimum absolute atomic E-state index is 0.354. The lowest BCUT2D eigenvalue weighted by atomic mass is 9.93. The van der Waals surface area contributed by atoms with E-state index in [1.165, 1.54) is 5.39 Å². The standard InChI is InChI=1S/C28H31N5O2/c1-2-26(31-28(3-1)35-20-21-4-5-24-17-29-10-6-23(24)16-21)22-7-12-32(13-8-22)19-27-30-11-14-33(27)18-25-9-15-34-25/h1-6,10-11,14,16-17,22,25H,7-9,12-13,15,18-20H2. The summed E-state index contributed by atoms with van der Waals surface area (Å²) in [5.41, 5.74) is 2.27. The predicted octanol–water partition coefficient (Wildman–Crippen LogP) is 4.57. The molecule has 180 valence electrons. The highest BCUT2D eigenvalue weighted by molar-refractivity contribution is 5.81. The van der Waals surface area contributed by atoms with E-state index in [0.717, 1.165) is 74.5 Å². The van der Waals surface area contributed by atoms with Gasteiger partial charge in [0.15, 0.2) is 0 Å². The molecule has 35 heavy (non-hydrogen) atoms. The second kappa shape index (κ2) is 10.1. The molecule has 0 saturated carbocycles. The average molecular weight is 470 g/mol. The summed E-state index contributed by atoms with van der Waals surface area (Å²) in [6.45, 7) is 5.31. The van der Waals surface area contributed by atoms with Gasteiger partial charge in [-0.05, 0) is 61.5 Å². The van der Waals surface area contributed by atoms with Crippen LogP contribution >= 0.6 is 0 Å². The molecule has 0 bridgehead atoms. The Kier molecular flexibility index (Phi) is 6.43. The number of benzene rings is 1. The van der Waals surface area contributed by atoms with E-state index < -0.39 is 0 Å². The number of imidazole rings is 1. The largest absolute Gasteiger partial charge is 0.473 e. The number of ether oxygens (including phenoxy) is 2. The van der Waals surface area contributed by atoms with Crippen LogP contribution < -0.4 is 4.74 Å². The molecule has 0 N–H and O–H groups in total. The number of nitrogens with zero attached hydrogens (tertiary/aromatic N) is 5. The van der Waals surface area contributed by atoms with Crippen molar-refractivity contribution >= 4 is 10.8 Å². The van der Waals surface area contributed by atoms with Crippen molar-refractivity contribution in [1.29, 1.82) is 0 Å². The van der Waals surface area contributed by atoms with E-state index in [-0.39, 0.29) is 0 Å². The topological polar surface area (TPSA) is 65.3 Å². The number of aromatic nitrogens is 4. The van der Waals surface area contributed by atoms with E-state index >= 15 is 0 Å². The molecule has 0 spiro atoms. The molecule has 2 saturated heterocycles. The third kappa shape index (κ3) is 5.21. The predicted molar refractivity (Wildman–Crippen MR) is 134 cm³/mol. The lowest BCUT2D eigenvalue weighted by Crippen LogP contribution is -2.35. The summed E-state index contributed by atoms with van der Waals surface area (Å²) in [6, 6.07) is 14.5. The Morgan fingerprint density at radius 1 is 1.00 bits per heavy atom. The fourth-order valence-electron chi connectivity index (χ4n) is 5.01. The molecule has 4 aromatic rings. The Morgan fingerprint density at radius 3 is 2.77 bits per heavy atom. The van der Waals surface area contributed by atoms with E-state index in [4.69, 9.17) is 14.5 Å². The number of hydrogen-bond acceptors (Lipinski definition) is 6. The smallest absolute Gasteiger partial charge is 0.213 e. The van der Waals surface area contributed by atoms with Crippen LogP contribution in [0.15, 0.2) is 67.3 Å². The van der Waals surface area contributed by atoms with Gasteiger partial charge in [0.2, 0.25) is 5.88 Å². The van der Waals surface area contributed by atoms with Crippen molar-refractivity contribution in [2.45, 2.75) is 51.0 Å². The molecule has 1 aromatic carbocycles. The molecule has 2 fully saturated rings. The Balaban J connectivity index is 1.03. The molecule has 0 amide bonds. The van der Waals surface area contributed by atoms with Crippen molar-refractivity contribution in [3.05, 3.63) is 84.3 Å². The third-order valence-corrected chi connectivity index (χ3v) is 7.20. The van der Waals surface area contributed by atoms with Crippen LogP contribution in [0.2, 0.25) is 0 Å². The lowest BCUT2D eigenvalue weighted by molar-refractivity contribution is -0.0598. The zero-order chi connectivity index (χ0) is 23.5. The van der Waals surface area contributed by atoms with Crippen molar-refractivity contribution in [3.63, 3.8) is 0 Å². The zero-order valence-corrected chi connectivity index (χ0v) is 19.9. The molecule has 2 aliphatic rings. The molecular formula is C28H31N5O2. The first-order valence-electron chi connectivity index (χ1n) is 12.6. The fraction of sp³-hybridized carbons (Fsp3) is 0.393. The zero-order valence-electron chi connectivity index (χ0n) is 19.9. The average Bonchev–Trinajstić information content (AvgIpc) is 3.32. The van der Waals surface area contributed by atoms with Crippen molar-refractivity contribution in [2.24, 2.45) is 0 Å². The van der Waals surface area contributed by atoms with Crippen molar-refractivity contribution in [1.82, 2.24) is 24.4 Å². The SMILES string of the molecule is c1cc(OCc2ccc3cnccc3c2)nc(C2CCN(Cc3nccn3CC3CCO3)CC2)c1. The molecule has 1 unspecified atom stereocenters. The molecule has 1 atom stereocenters. The second-order valence-electron chi connectivity index (χ2n) is 9.57. The maximum Gasteiger partial charge on any atom is 0.213 e. The summed E-state index contributed by atoms with van der Waals surface area (Å²) in [4.78, 5) is 16.1. The van der Waals surface area contributed by atoms with Gasteiger partial charge < -0.3 is 14.0 Å². The van der Waals surface area contributed by atoms with Crippen LogP contribution in [-0.4, -0.2) is 50.2 Å². The van der Waals surface area contributed by atoms with Gasteiger partial charge in [-0.25, -0.2) is 9.97 Å². The molecule has 2 aliphatic heterocycles. The van der Waals surface area contributed by atoms with E-state index in [9.17, 15) is 0 Å². The number of fused-ring (bicyclic) bond motifs is 1. The molecular weight excluding hydrogens is 438 g/mol. The van der Waals surface area contributed by atoms with Crippen LogP contribution in [0.25, 0.3) is 10.8 Å². The number of pyridine rings is 2. The van der Waals surface area contributed by atoms with Crippen LogP contribution in [0.3, 0.4) is 0 Å². The minimum atomic E-state index is 0.354. The minimum Gasteiger partial charge on any atom is -0.473 e. The van der Waals surface area contributed by atoms with Crippen LogP contribution in [0, 0.1) is 0 Å². The van der Waals surface area contributed by atoms with Gasteiger partial charge in [-0.2, -0.15) is 0 Å². The molecule has 0 aliphatic carbocycles. The van der Waals surface area contributed by atoms with E-state index in [1.54, 1.807) is 0 Å². The molecule has 7 heteroatoms. The normalized spacial score (nSPS) is 19.0. The highest BCUT2D eigenvalue weighted by atomic mass is 16.5. The molecule has 0 radical (unpaired) electrons. The summed E-state index contributed by atoms with van der Waals surface area (Å²) in [6.07, 6.45) is 11.4. The lowest BCUT2D eigenvalue weighted by Gasteiger charge is -2.32. The first kappa shape index (κ1) is 22.2. The fourth-order valence-corrected chi connectivity index (χ4v) is 5.01. The highest BCUT2D eigenvalue weighted by Gasteiger charge is 2.24. The van der Waals surface area contributed by atoms with Gasteiger partial charge in [-0.15, -0.1) is 0 Å². The van der Waals surface area contributed by atoms with Gasteiger partial charge in [0.1, 0.15) is 12.4 Å². The van der Waals surface area contributed by atoms with Crippen molar-refractivity contribution in [3.8, 4) is 5.88 Å². The first-order chi connectivity index (χ1) is 17.3. The monoisotopic (exact) mass is 469 g/mol. The summed E-state index contributed by atoms with van der Waals surface area (Å²) in [5.74, 6) is 2.29. The van der Waals surface area contributed by atoms with Crippen molar-refractivity contribution < 1.29 is 9.47 Å². The van der Waals surface area contributed by atoms with Gasteiger partial charge in [0.05, 0.1) is 19.2 Å².